The molecule has 1 aromatic carbocycles. The van der Waals surface area contributed by atoms with Gasteiger partial charge in [-0.1, -0.05) is 31.2 Å². The molecule has 1 aliphatic carbocycles. The molecule has 1 N–H and O–H groups in total. The zero-order chi connectivity index (χ0) is 14.3. The molecule has 2 fully saturated rings. The molecule has 2 aliphatic rings. The van der Waals surface area contributed by atoms with Crippen LogP contribution in [0.3, 0.4) is 0 Å². The minimum atomic E-state index is -0.414. The molecule has 0 radical (unpaired) electrons. The van der Waals surface area contributed by atoms with Crippen LogP contribution in [0.25, 0.3) is 0 Å². The summed E-state index contributed by atoms with van der Waals surface area (Å²) in [5.74, 6) is 0.276. The quantitative estimate of drug-likeness (QED) is 0.916. The van der Waals surface area contributed by atoms with E-state index in [4.69, 9.17) is 0 Å². The Hall–Kier alpha value is -1.35. The van der Waals surface area contributed by atoms with E-state index >= 15 is 0 Å². The molecule has 0 aromatic heterocycles. The number of nitrogens with zero attached hydrogens (tertiary/aromatic N) is 1. The standard InChI is InChI=1S/C17H24N2O/c1-4-17(3)16(20)19(13-9-7-10-13)15(18-17)14-11-6-5-8-12(14)2/h5-6,8,11,13,15,18H,4,7,9-10H2,1-3H3. The molecule has 0 bridgehead atoms. The van der Waals surface area contributed by atoms with Gasteiger partial charge in [-0.2, -0.15) is 0 Å². The second kappa shape index (κ2) is 4.88. The predicted octanol–water partition coefficient (Wildman–Crippen LogP) is 3.15. The molecule has 1 amide bonds. The summed E-state index contributed by atoms with van der Waals surface area (Å²) in [5.41, 5.74) is 2.08. The maximum Gasteiger partial charge on any atom is 0.244 e. The number of rotatable bonds is 3. The zero-order valence-corrected chi connectivity index (χ0v) is 12.6. The van der Waals surface area contributed by atoms with E-state index in [1.807, 2.05) is 6.92 Å². The Morgan fingerprint density at radius 1 is 1.35 bits per heavy atom. The second-order valence-corrected chi connectivity index (χ2v) is 6.39. The number of carbonyl (C=O) groups excluding carboxylic acids is 1. The minimum Gasteiger partial charge on any atom is -0.318 e. The van der Waals surface area contributed by atoms with Crippen molar-refractivity contribution in [2.45, 2.75) is 64.2 Å². The normalized spacial score (nSPS) is 30.6. The topological polar surface area (TPSA) is 32.3 Å². The second-order valence-electron chi connectivity index (χ2n) is 6.39. The summed E-state index contributed by atoms with van der Waals surface area (Å²) in [6.45, 7) is 6.26. The Kier molecular flexibility index (Phi) is 3.33. The number of benzene rings is 1. The van der Waals surface area contributed by atoms with Crippen molar-refractivity contribution in [2.75, 3.05) is 0 Å². The maximum atomic E-state index is 12.9. The van der Waals surface area contributed by atoms with Crippen LogP contribution in [0.2, 0.25) is 0 Å². The molecular formula is C17H24N2O. The van der Waals surface area contributed by atoms with Gasteiger partial charge in [-0.15, -0.1) is 0 Å². The van der Waals surface area contributed by atoms with Crippen molar-refractivity contribution in [3.63, 3.8) is 0 Å². The summed E-state index contributed by atoms with van der Waals surface area (Å²) >= 11 is 0. The molecular weight excluding hydrogens is 248 g/mol. The van der Waals surface area contributed by atoms with Gasteiger partial charge in [0, 0.05) is 6.04 Å². The van der Waals surface area contributed by atoms with Gasteiger partial charge in [0.2, 0.25) is 5.91 Å². The summed E-state index contributed by atoms with van der Waals surface area (Å²) in [5, 5.41) is 3.60. The molecule has 2 unspecified atom stereocenters. The van der Waals surface area contributed by atoms with Gasteiger partial charge in [-0.3, -0.25) is 10.1 Å². The molecule has 1 aromatic rings. The van der Waals surface area contributed by atoms with Crippen molar-refractivity contribution >= 4 is 5.91 Å². The van der Waals surface area contributed by atoms with Gasteiger partial charge >= 0.3 is 0 Å². The van der Waals surface area contributed by atoms with Crippen LogP contribution in [-0.4, -0.2) is 22.4 Å². The first kappa shape index (κ1) is 13.6. The first-order chi connectivity index (χ1) is 9.57. The highest BCUT2D eigenvalue weighted by Gasteiger charge is 2.50. The van der Waals surface area contributed by atoms with Crippen LogP contribution in [0.15, 0.2) is 24.3 Å². The largest absolute Gasteiger partial charge is 0.318 e. The fourth-order valence-electron chi connectivity index (χ4n) is 3.25. The highest BCUT2D eigenvalue weighted by molar-refractivity contribution is 5.89. The number of amides is 1. The van der Waals surface area contributed by atoms with Crippen molar-refractivity contribution < 1.29 is 4.79 Å². The highest BCUT2D eigenvalue weighted by Crippen LogP contribution is 2.40. The Bertz CT molecular complexity index is 523. The smallest absolute Gasteiger partial charge is 0.244 e. The van der Waals surface area contributed by atoms with Gasteiger partial charge in [0.15, 0.2) is 0 Å². The van der Waals surface area contributed by atoms with E-state index in [1.54, 1.807) is 0 Å². The zero-order valence-electron chi connectivity index (χ0n) is 12.6. The van der Waals surface area contributed by atoms with Crippen LogP contribution < -0.4 is 5.32 Å². The Morgan fingerprint density at radius 2 is 2.05 bits per heavy atom. The maximum absolute atomic E-state index is 12.9. The van der Waals surface area contributed by atoms with Gasteiger partial charge in [0.25, 0.3) is 0 Å². The number of carbonyl (C=O) groups is 1. The molecule has 108 valence electrons. The van der Waals surface area contributed by atoms with E-state index in [9.17, 15) is 4.79 Å². The third kappa shape index (κ3) is 1.96. The minimum absolute atomic E-state index is 0.0407. The van der Waals surface area contributed by atoms with Crippen molar-refractivity contribution in [1.82, 2.24) is 10.2 Å². The van der Waals surface area contributed by atoms with Crippen molar-refractivity contribution in [2.24, 2.45) is 0 Å². The van der Waals surface area contributed by atoms with Gasteiger partial charge in [0.1, 0.15) is 6.17 Å². The van der Waals surface area contributed by atoms with Gasteiger partial charge in [-0.25, -0.2) is 0 Å². The first-order valence-electron chi connectivity index (χ1n) is 7.73. The summed E-state index contributed by atoms with van der Waals surface area (Å²) in [4.78, 5) is 15.0. The summed E-state index contributed by atoms with van der Waals surface area (Å²) in [7, 11) is 0. The molecule has 3 heteroatoms. The average molecular weight is 272 g/mol. The number of hydrogen-bond donors (Lipinski definition) is 1. The van der Waals surface area contributed by atoms with Crippen LogP contribution in [0.4, 0.5) is 0 Å². The van der Waals surface area contributed by atoms with Crippen LogP contribution >= 0.6 is 0 Å². The van der Waals surface area contributed by atoms with Crippen LogP contribution in [0, 0.1) is 6.92 Å². The molecule has 1 saturated carbocycles. The van der Waals surface area contributed by atoms with E-state index < -0.39 is 5.54 Å². The fourth-order valence-corrected chi connectivity index (χ4v) is 3.25. The van der Waals surface area contributed by atoms with Gasteiger partial charge in [-0.05, 0) is 50.7 Å². The molecule has 1 heterocycles. The lowest BCUT2D eigenvalue weighted by atomic mass is 9.89. The third-order valence-corrected chi connectivity index (χ3v) is 5.10. The molecule has 1 aliphatic heterocycles. The Morgan fingerprint density at radius 3 is 2.60 bits per heavy atom. The third-order valence-electron chi connectivity index (χ3n) is 5.10. The van der Waals surface area contributed by atoms with Crippen LogP contribution in [0.1, 0.15) is 56.8 Å². The molecule has 2 atom stereocenters. The van der Waals surface area contributed by atoms with Crippen LogP contribution in [0.5, 0.6) is 0 Å². The molecule has 0 spiro atoms. The highest BCUT2D eigenvalue weighted by atomic mass is 16.2. The van der Waals surface area contributed by atoms with Gasteiger partial charge < -0.3 is 4.90 Å². The predicted molar refractivity (Wildman–Crippen MR) is 80.2 cm³/mol. The number of hydrogen-bond acceptors (Lipinski definition) is 2. The van der Waals surface area contributed by atoms with Crippen molar-refractivity contribution in [3.8, 4) is 0 Å². The molecule has 3 rings (SSSR count). The SMILES string of the molecule is CCC1(C)NC(c2ccccc2C)N(C2CCC2)C1=O. The van der Waals surface area contributed by atoms with E-state index in [0.717, 1.165) is 19.3 Å². The van der Waals surface area contributed by atoms with E-state index in [-0.39, 0.29) is 12.1 Å². The summed E-state index contributed by atoms with van der Waals surface area (Å²) in [6.07, 6.45) is 4.42. The molecule has 3 nitrogen and oxygen atoms in total. The van der Waals surface area contributed by atoms with E-state index in [0.29, 0.717) is 6.04 Å². The first-order valence-corrected chi connectivity index (χ1v) is 7.73. The Balaban J connectivity index is 1.99. The average Bonchev–Trinajstić information content (AvgIpc) is 2.64. The molecule has 1 saturated heterocycles. The monoisotopic (exact) mass is 272 g/mol. The van der Waals surface area contributed by atoms with E-state index in [2.05, 4.69) is 48.3 Å². The lowest BCUT2D eigenvalue weighted by Gasteiger charge is -2.38. The summed E-state index contributed by atoms with van der Waals surface area (Å²) < 4.78 is 0. The lowest BCUT2D eigenvalue weighted by Crippen LogP contribution is -2.46. The van der Waals surface area contributed by atoms with Gasteiger partial charge in [0.05, 0.1) is 5.54 Å². The fraction of sp³-hybridized carbons (Fsp3) is 0.588. The van der Waals surface area contributed by atoms with Crippen LogP contribution in [-0.2, 0) is 4.79 Å². The summed E-state index contributed by atoms with van der Waals surface area (Å²) in [6, 6.07) is 8.82. The number of nitrogens with one attached hydrogen (secondary N) is 1. The Labute approximate surface area is 121 Å². The number of aryl methyl sites for hydroxylation is 1. The van der Waals surface area contributed by atoms with E-state index in [1.165, 1.54) is 17.5 Å². The lowest BCUT2D eigenvalue weighted by molar-refractivity contribution is -0.136. The van der Waals surface area contributed by atoms with Crippen molar-refractivity contribution in [3.05, 3.63) is 35.4 Å². The van der Waals surface area contributed by atoms with Crippen molar-refractivity contribution in [1.29, 1.82) is 0 Å². The molecule has 20 heavy (non-hydrogen) atoms.